The molecule has 21 heavy (non-hydrogen) atoms. The fraction of sp³-hybridized carbons (Fsp3) is 0.500. The van der Waals surface area contributed by atoms with Crippen molar-refractivity contribution in [1.82, 2.24) is 5.32 Å². The number of carboxylic acid groups (broad SMARTS) is 1. The highest BCUT2D eigenvalue weighted by atomic mass is 16.4. The van der Waals surface area contributed by atoms with Gasteiger partial charge >= 0.3 is 12.0 Å². The number of aliphatic carboxylic acids is 1. The van der Waals surface area contributed by atoms with Crippen LogP contribution in [0.5, 0.6) is 0 Å². The third kappa shape index (κ3) is 2.60. The summed E-state index contributed by atoms with van der Waals surface area (Å²) < 4.78 is 0. The molecule has 0 spiro atoms. The molecule has 5 heteroatoms. The average molecular weight is 288 g/mol. The second-order valence-corrected chi connectivity index (χ2v) is 6.12. The van der Waals surface area contributed by atoms with Crippen molar-refractivity contribution in [2.75, 3.05) is 4.90 Å². The second-order valence-electron chi connectivity index (χ2n) is 6.12. The first-order valence-corrected chi connectivity index (χ1v) is 7.46. The predicted molar refractivity (Wildman–Crippen MR) is 79.4 cm³/mol. The van der Waals surface area contributed by atoms with Gasteiger partial charge in [-0.05, 0) is 36.8 Å². The van der Waals surface area contributed by atoms with Crippen LogP contribution in [0.15, 0.2) is 24.3 Å². The lowest BCUT2D eigenvalue weighted by atomic mass is 10.1. The number of carbonyl (C=O) groups is 2. The second kappa shape index (κ2) is 5.39. The van der Waals surface area contributed by atoms with E-state index in [2.05, 4.69) is 12.2 Å². The summed E-state index contributed by atoms with van der Waals surface area (Å²) in [7, 11) is 0. The molecule has 0 saturated heterocycles. The fourth-order valence-corrected chi connectivity index (χ4v) is 3.42. The van der Waals surface area contributed by atoms with Gasteiger partial charge in [-0.15, -0.1) is 0 Å². The van der Waals surface area contributed by atoms with E-state index < -0.39 is 12.0 Å². The van der Waals surface area contributed by atoms with Crippen molar-refractivity contribution < 1.29 is 14.7 Å². The third-order valence-corrected chi connectivity index (χ3v) is 4.50. The van der Waals surface area contributed by atoms with Gasteiger partial charge in [0.15, 0.2) is 0 Å². The van der Waals surface area contributed by atoms with Crippen LogP contribution in [0.1, 0.15) is 31.7 Å². The molecular formula is C16H20N2O3. The monoisotopic (exact) mass is 288 g/mol. The van der Waals surface area contributed by atoms with Crippen LogP contribution in [0.25, 0.3) is 0 Å². The topological polar surface area (TPSA) is 69.6 Å². The Morgan fingerprint density at radius 2 is 2.05 bits per heavy atom. The Labute approximate surface area is 123 Å². The number of carboxylic acids is 1. The SMILES string of the molecule is CC1CCC(NC(=O)N2c3ccccc3C[C@H]2C(=O)O)C1. The molecule has 3 rings (SSSR count). The minimum atomic E-state index is -0.957. The Hall–Kier alpha value is -2.04. The number of amides is 2. The molecule has 2 aliphatic rings. The number of hydrogen-bond acceptors (Lipinski definition) is 2. The van der Waals surface area contributed by atoms with Crippen molar-refractivity contribution in [3.63, 3.8) is 0 Å². The molecule has 0 bridgehead atoms. The molecule has 2 amide bonds. The van der Waals surface area contributed by atoms with E-state index in [0.717, 1.165) is 24.8 Å². The number of fused-ring (bicyclic) bond motifs is 1. The number of anilines is 1. The molecule has 1 aromatic rings. The number of para-hydroxylation sites is 1. The Morgan fingerprint density at radius 3 is 2.71 bits per heavy atom. The van der Waals surface area contributed by atoms with Crippen LogP contribution in [0.2, 0.25) is 0 Å². The number of urea groups is 1. The average Bonchev–Trinajstić information content (AvgIpc) is 3.02. The largest absolute Gasteiger partial charge is 0.480 e. The Balaban J connectivity index is 1.80. The summed E-state index contributed by atoms with van der Waals surface area (Å²) >= 11 is 0. The van der Waals surface area contributed by atoms with Crippen LogP contribution < -0.4 is 10.2 Å². The van der Waals surface area contributed by atoms with Crippen molar-refractivity contribution >= 4 is 17.7 Å². The van der Waals surface area contributed by atoms with Crippen LogP contribution in [-0.2, 0) is 11.2 Å². The molecule has 1 aliphatic heterocycles. The van der Waals surface area contributed by atoms with Gasteiger partial charge in [0.05, 0.1) is 0 Å². The Kier molecular flexibility index (Phi) is 3.57. The third-order valence-electron chi connectivity index (χ3n) is 4.50. The van der Waals surface area contributed by atoms with Gasteiger partial charge in [-0.25, -0.2) is 9.59 Å². The van der Waals surface area contributed by atoms with E-state index in [1.54, 1.807) is 0 Å². The molecule has 0 radical (unpaired) electrons. The summed E-state index contributed by atoms with van der Waals surface area (Å²) in [5, 5.41) is 12.4. The van der Waals surface area contributed by atoms with E-state index in [9.17, 15) is 14.7 Å². The number of nitrogens with zero attached hydrogens (tertiary/aromatic N) is 1. The van der Waals surface area contributed by atoms with Crippen LogP contribution in [-0.4, -0.2) is 29.2 Å². The summed E-state index contributed by atoms with van der Waals surface area (Å²) in [4.78, 5) is 25.4. The lowest BCUT2D eigenvalue weighted by Crippen LogP contribution is -2.50. The number of nitrogens with one attached hydrogen (secondary N) is 1. The number of benzene rings is 1. The predicted octanol–water partition coefficient (Wildman–Crippen LogP) is 2.40. The zero-order chi connectivity index (χ0) is 15.0. The maximum absolute atomic E-state index is 12.5. The van der Waals surface area contributed by atoms with E-state index in [4.69, 9.17) is 0 Å². The van der Waals surface area contributed by atoms with Crippen LogP contribution in [0.3, 0.4) is 0 Å². The summed E-state index contributed by atoms with van der Waals surface area (Å²) in [6.45, 7) is 2.18. The zero-order valence-corrected chi connectivity index (χ0v) is 12.1. The summed E-state index contributed by atoms with van der Waals surface area (Å²) in [6.07, 6.45) is 3.43. The molecular weight excluding hydrogens is 268 g/mol. The van der Waals surface area contributed by atoms with E-state index in [-0.39, 0.29) is 12.1 Å². The lowest BCUT2D eigenvalue weighted by Gasteiger charge is -2.25. The minimum absolute atomic E-state index is 0.162. The van der Waals surface area contributed by atoms with Gasteiger partial charge in [-0.2, -0.15) is 0 Å². The van der Waals surface area contributed by atoms with E-state index in [1.165, 1.54) is 4.90 Å². The molecule has 1 aliphatic carbocycles. The van der Waals surface area contributed by atoms with Gasteiger partial charge in [0.2, 0.25) is 0 Å². The fourth-order valence-electron chi connectivity index (χ4n) is 3.42. The maximum atomic E-state index is 12.5. The van der Waals surface area contributed by atoms with E-state index in [0.29, 0.717) is 18.0 Å². The van der Waals surface area contributed by atoms with E-state index in [1.807, 2.05) is 24.3 Å². The molecule has 1 saturated carbocycles. The number of carbonyl (C=O) groups excluding carboxylic acids is 1. The highest BCUT2D eigenvalue weighted by Gasteiger charge is 2.39. The van der Waals surface area contributed by atoms with Crippen LogP contribution in [0, 0.1) is 5.92 Å². The van der Waals surface area contributed by atoms with Gasteiger partial charge in [-0.3, -0.25) is 4.90 Å². The molecule has 5 nitrogen and oxygen atoms in total. The highest BCUT2D eigenvalue weighted by Crippen LogP contribution is 2.33. The minimum Gasteiger partial charge on any atom is -0.480 e. The molecule has 1 fully saturated rings. The van der Waals surface area contributed by atoms with Crippen LogP contribution in [0.4, 0.5) is 10.5 Å². The molecule has 3 atom stereocenters. The summed E-state index contributed by atoms with van der Waals surface area (Å²) in [5.41, 5.74) is 1.63. The van der Waals surface area contributed by atoms with Gasteiger partial charge in [0, 0.05) is 18.2 Å². The van der Waals surface area contributed by atoms with Gasteiger partial charge in [0.1, 0.15) is 6.04 Å². The Morgan fingerprint density at radius 1 is 1.29 bits per heavy atom. The first-order valence-electron chi connectivity index (χ1n) is 7.46. The zero-order valence-electron chi connectivity index (χ0n) is 12.1. The van der Waals surface area contributed by atoms with Crippen molar-refractivity contribution in [2.24, 2.45) is 5.92 Å². The standard InChI is InChI=1S/C16H20N2O3/c1-10-6-7-12(8-10)17-16(21)18-13-5-3-2-4-11(13)9-14(18)15(19)20/h2-5,10,12,14H,6-9H2,1H3,(H,17,21)(H,19,20)/t10?,12?,14-/m0/s1. The molecule has 2 unspecified atom stereocenters. The van der Waals surface area contributed by atoms with Gasteiger partial charge < -0.3 is 10.4 Å². The normalized spacial score (nSPS) is 27.5. The maximum Gasteiger partial charge on any atom is 0.327 e. The van der Waals surface area contributed by atoms with E-state index >= 15 is 0 Å². The molecule has 2 N–H and O–H groups in total. The van der Waals surface area contributed by atoms with Crippen molar-refractivity contribution in [1.29, 1.82) is 0 Å². The van der Waals surface area contributed by atoms with Crippen molar-refractivity contribution in [2.45, 2.75) is 44.7 Å². The number of rotatable bonds is 2. The Bertz CT molecular complexity index is 572. The molecule has 0 aromatic heterocycles. The first kappa shape index (κ1) is 13.9. The molecule has 112 valence electrons. The van der Waals surface area contributed by atoms with Gasteiger partial charge in [-0.1, -0.05) is 25.1 Å². The number of hydrogen-bond donors (Lipinski definition) is 2. The molecule has 1 heterocycles. The molecule has 1 aromatic carbocycles. The van der Waals surface area contributed by atoms with Crippen molar-refractivity contribution in [3.05, 3.63) is 29.8 Å². The van der Waals surface area contributed by atoms with Crippen molar-refractivity contribution in [3.8, 4) is 0 Å². The first-order chi connectivity index (χ1) is 10.1. The summed E-state index contributed by atoms with van der Waals surface area (Å²) in [5.74, 6) is -0.336. The highest BCUT2D eigenvalue weighted by molar-refractivity contribution is 6.01. The van der Waals surface area contributed by atoms with Crippen LogP contribution >= 0.6 is 0 Å². The quantitative estimate of drug-likeness (QED) is 0.878. The lowest BCUT2D eigenvalue weighted by molar-refractivity contribution is -0.138. The summed E-state index contributed by atoms with van der Waals surface area (Å²) in [6, 6.07) is 6.48. The smallest absolute Gasteiger partial charge is 0.327 e. The van der Waals surface area contributed by atoms with Gasteiger partial charge in [0.25, 0.3) is 0 Å².